The fraction of sp³-hybridized carbons (Fsp3) is 0. The van der Waals surface area contributed by atoms with E-state index in [4.69, 9.17) is 11.6 Å². The van der Waals surface area contributed by atoms with E-state index < -0.39 is 0 Å². The van der Waals surface area contributed by atoms with Crippen LogP contribution in [-0.4, -0.2) is 4.98 Å². The van der Waals surface area contributed by atoms with Crippen LogP contribution in [0.15, 0.2) is 60.7 Å². The van der Waals surface area contributed by atoms with Crippen molar-refractivity contribution in [3.05, 3.63) is 65.7 Å². The van der Waals surface area contributed by atoms with Crippen LogP contribution in [0.3, 0.4) is 0 Å². The Morgan fingerprint density at radius 1 is 0.765 bits per heavy atom. The van der Waals surface area contributed by atoms with Crippen LogP contribution in [0, 0.1) is 0 Å². The third kappa shape index (κ3) is 1.90. The number of benzene rings is 2. The minimum absolute atomic E-state index is 0.732. The number of hydrogen-bond acceptors (Lipinski definition) is 1. The second kappa shape index (κ2) is 4.19. The Morgan fingerprint density at radius 2 is 1.53 bits per heavy atom. The van der Waals surface area contributed by atoms with Crippen LogP contribution >= 0.6 is 11.6 Å². The Bertz CT molecular complexity index is 676. The van der Waals surface area contributed by atoms with E-state index in [0.29, 0.717) is 0 Å². The van der Waals surface area contributed by atoms with Crippen LogP contribution < -0.4 is 0 Å². The maximum absolute atomic E-state index is 6.17. The first-order valence-corrected chi connectivity index (χ1v) is 5.83. The van der Waals surface area contributed by atoms with E-state index in [1.54, 1.807) is 0 Å². The van der Waals surface area contributed by atoms with Gasteiger partial charge in [-0.05, 0) is 18.2 Å². The van der Waals surface area contributed by atoms with Crippen LogP contribution in [0.4, 0.5) is 0 Å². The van der Waals surface area contributed by atoms with Gasteiger partial charge >= 0.3 is 0 Å². The Balaban J connectivity index is 2.22. The van der Waals surface area contributed by atoms with Crippen LogP contribution in [-0.2, 0) is 0 Å². The molecule has 0 unspecified atom stereocenters. The van der Waals surface area contributed by atoms with Gasteiger partial charge in [0.2, 0.25) is 0 Å². The monoisotopic (exact) mass is 239 g/mol. The van der Waals surface area contributed by atoms with Gasteiger partial charge in [-0.2, -0.15) is 0 Å². The molecule has 3 rings (SSSR count). The summed E-state index contributed by atoms with van der Waals surface area (Å²) >= 11 is 6.17. The van der Waals surface area contributed by atoms with Crippen molar-refractivity contribution in [1.29, 1.82) is 0 Å². The van der Waals surface area contributed by atoms with E-state index in [-0.39, 0.29) is 0 Å². The average molecular weight is 240 g/mol. The lowest BCUT2D eigenvalue weighted by molar-refractivity contribution is 1.40. The first-order valence-electron chi connectivity index (χ1n) is 5.45. The SMILES string of the molecule is Clc1ccccc1-c1ccc2ccccc2n1. The van der Waals surface area contributed by atoms with Crippen molar-refractivity contribution >= 4 is 22.5 Å². The third-order valence-electron chi connectivity index (χ3n) is 2.75. The van der Waals surface area contributed by atoms with E-state index >= 15 is 0 Å². The maximum Gasteiger partial charge on any atom is 0.0724 e. The summed E-state index contributed by atoms with van der Waals surface area (Å²) in [6.07, 6.45) is 0. The molecule has 3 aromatic rings. The largest absolute Gasteiger partial charge is 0.248 e. The molecule has 0 fully saturated rings. The minimum Gasteiger partial charge on any atom is -0.248 e. The quantitative estimate of drug-likeness (QED) is 0.607. The van der Waals surface area contributed by atoms with E-state index in [2.05, 4.69) is 17.1 Å². The molecular weight excluding hydrogens is 230 g/mol. The highest BCUT2D eigenvalue weighted by atomic mass is 35.5. The lowest BCUT2D eigenvalue weighted by Gasteiger charge is -2.04. The van der Waals surface area contributed by atoms with Crippen molar-refractivity contribution in [3.63, 3.8) is 0 Å². The van der Waals surface area contributed by atoms with Gasteiger partial charge in [-0.1, -0.05) is 54.1 Å². The minimum atomic E-state index is 0.732. The smallest absolute Gasteiger partial charge is 0.0724 e. The molecule has 1 aromatic heterocycles. The highest BCUT2D eigenvalue weighted by Crippen LogP contribution is 2.27. The van der Waals surface area contributed by atoms with Crippen molar-refractivity contribution in [2.75, 3.05) is 0 Å². The number of para-hydroxylation sites is 1. The van der Waals surface area contributed by atoms with E-state index in [1.807, 2.05) is 48.5 Å². The molecule has 0 bridgehead atoms. The molecule has 0 saturated carbocycles. The van der Waals surface area contributed by atoms with E-state index in [9.17, 15) is 0 Å². The maximum atomic E-state index is 6.17. The van der Waals surface area contributed by atoms with E-state index in [1.165, 1.54) is 0 Å². The van der Waals surface area contributed by atoms with E-state index in [0.717, 1.165) is 27.2 Å². The zero-order valence-electron chi connectivity index (χ0n) is 9.10. The van der Waals surface area contributed by atoms with Gasteiger partial charge < -0.3 is 0 Å². The fourth-order valence-corrected chi connectivity index (χ4v) is 2.12. The molecule has 0 aliphatic carbocycles. The number of rotatable bonds is 1. The Morgan fingerprint density at radius 3 is 2.41 bits per heavy atom. The van der Waals surface area contributed by atoms with Crippen LogP contribution in [0.25, 0.3) is 22.2 Å². The number of halogens is 1. The van der Waals surface area contributed by atoms with Crippen LogP contribution in [0.5, 0.6) is 0 Å². The summed E-state index contributed by atoms with van der Waals surface area (Å²) in [5.41, 5.74) is 2.87. The summed E-state index contributed by atoms with van der Waals surface area (Å²) in [6, 6.07) is 19.9. The standard InChI is InChI=1S/C15H10ClN/c16-13-7-3-2-6-12(13)15-10-9-11-5-1-4-8-14(11)17-15/h1-10H. The third-order valence-corrected chi connectivity index (χ3v) is 3.08. The summed E-state index contributed by atoms with van der Waals surface area (Å²) in [6.45, 7) is 0. The van der Waals surface area contributed by atoms with Gasteiger partial charge in [0, 0.05) is 16.0 Å². The molecule has 0 N–H and O–H groups in total. The van der Waals surface area contributed by atoms with Crippen molar-refractivity contribution < 1.29 is 0 Å². The first kappa shape index (κ1) is 10.3. The van der Waals surface area contributed by atoms with Crippen LogP contribution in [0.2, 0.25) is 5.02 Å². The lowest BCUT2D eigenvalue weighted by Crippen LogP contribution is -1.85. The summed E-state index contributed by atoms with van der Waals surface area (Å²) in [4.78, 5) is 4.62. The van der Waals surface area contributed by atoms with Gasteiger partial charge in [0.15, 0.2) is 0 Å². The molecule has 17 heavy (non-hydrogen) atoms. The fourth-order valence-electron chi connectivity index (χ4n) is 1.88. The number of fused-ring (bicyclic) bond motifs is 1. The van der Waals surface area contributed by atoms with Gasteiger partial charge in [0.25, 0.3) is 0 Å². The number of pyridine rings is 1. The van der Waals surface area contributed by atoms with Crippen molar-refractivity contribution in [1.82, 2.24) is 4.98 Å². The lowest BCUT2D eigenvalue weighted by atomic mass is 10.1. The molecule has 0 aliphatic rings. The Labute approximate surface area is 105 Å². The molecule has 0 spiro atoms. The van der Waals surface area contributed by atoms with Gasteiger partial charge in [0.1, 0.15) is 0 Å². The number of aromatic nitrogens is 1. The topological polar surface area (TPSA) is 12.9 Å². The molecule has 0 aliphatic heterocycles. The molecule has 1 nitrogen and oxygen atoms in total. The van der Waals surface area contributed by atoms with Gasteiger partial charge in [-0.3, -0.25) is 0 Å². The summed E-state index contributed by atoms with van der Waals surface area (Å²) in [5, 5.41) is 1.87. The van der Waals surface area contributed by atoms with Gasteiger partial charge in [0.05, 0.1) is 11.2 Å². The zero-order valence-corrected chi connectivity index (χ0v) is 9.85. The molecule has 2 aromatic carbocycles. The van der Waals surface area contributed by atoms with Crippen molar-refractivity contribution in [2.45, 2.75) is 0 Å². The molecule has 0 radical (unpaired) electrons. The molecule has 1 heterocycles. The molecule has 82 valence electrons. The summed E-state index contributed by atoms with van der Waals surface area (Å²) < 4.78 is 0. The summed E-state index contributed by atoms with van der Waals surface area (Å²) in [7, 11) is 0. The molecule has 0 atom stereocenters. The predicted octanol–water partition coefficient (Wildman–Crippen LogP) is 4.56. The molecular formula is C15H10ClN. The highest BCUT2D eigenvalue weighted by Gasteiger charge is 2.04. The molecule has 0 saturated heterocycles. The second-order valence-corrected chi connectivity index (χ2v) is 4.28. The Hall–Kier alpha value is -1.86. The zero-order chi connectivity index (χ0) is 11.7. The van der Waals surface area contributed by atoms with Crippen molar-refractivity contribution in [3.8, 4) is 11.3 Å². The number of nitrogens with zero attached hydrogens (tertiary/aromatic N) is 1. The second-order valence-electron chi connectivity index (χ2n) is 3.87. The first-order chi connectivity index (χ1) is 8.34. The summed E-state index contributed by atoms with van der Waals surface area (Å²) in [5.74, 6) is 0. The molecule has 2 heteroatoms. The van der Waals surface area contributed by atoms with Gasteiger partial charge in [-0.15, -0.1) is 0 Å². The average Bonchev–Trinajstić information content (AvgIpc) is 2.39. The highest BCUT2D eigenvalue weighted by molar-refractivity contribution is 6.33. The molecule has 0 amide bonds. The predicted molar refractivity (Wildman–Crippen MR) is 72.2 cm³/mol. The van der Waals surface area contributed by atoms with Crippen LogP contribution in [0.1, 0.15) is 0 Å². The Kier molecular flexibility index (Phi) is 2.54. The van der Waals surface area contributed by atoms with Crippen molar-refractivity contribution in [2.24, 2.45) is 0 Å². The number of hydrogen-bond donors (Lipinski definition) is 0. The van der Waals surface area contributed by atoms with Gasteiger partial charge in [-0.25, -0.2) is 4.98 Å². The normalized spacial score (nSPS) is 10.6.